The second-order valence-electron chi connectivity index (χ2n) is 9.10. The zero-order chi connectivity index (χ0) is 22.5. The van der Waals surface area contributed by atoms with Crippen LogP contribution in [0.4, 0.5) is 4.39 Å². The molecule has 2 fully saturated rings. The summed E-state index contributed by atoms with van der Waals surface area (Å²) in [5.41, 5.74) is 1.86. The molecular formula is C25H33FN4O2. The number of nitrogens with zero attached hydrogens (tertiary/aromatic N) is 3. The minimum atomic E-state index is -0.275. The number of carbonyl (C=O) groups is 2. The number of amides is 2. The maximum Gasteiger partial charge on any atom is 0.257 e. The van der Waals surface area contributed by atoms with Crippen LogP contribution in [0.15, 0.2) is 30.5 Å². The summed E-state index contributed by atoms with van der Waals surface area (Å²) in [5.74, 6) is -0.306. The maximum atomic E-state index is 14.0. The number of carbonyl (C=O) groups excluding carboxylic acids is 2. The second kappa shape index (κ2) is 10.3. The van der Waals surface area contributed by atoms with Crippen LogP contribution in [-0.2, 0) is 11.2 Å². The summed E-state index contributed by atoms with van der Waals surface area (Å²) in [7, 11) is 1.88. The molecule has 4 rings (SSSR count). The lowest BCUT2D eigenvalue weighted by molar-refractivity contribution is -0.135. The van der Waals surface area contributed by atoms with Gasteiger partial charge in [-0.15, -0.1) is 0 Å². The molecule has 0 bridgehead atoms. The number of aryl methyl sites for hydroxylation is 1. The number of aromatic nitrogens is 2. The number of aromatic amines is 1. The van der Waals surface area contributed by atoms with Gasteiger partial charge in [0.2, 0.25) is 5.91 Å². The Hall–Kier alpha value is -2.70. The quantitative estimate of drug-likeness (QED) is 0.711. The van der Waals surface area contributed by atoms with Crippen LogP contribution < -0.4 is 0 Å². The smallest absolute Gasteiger partial charge is 0.257 e. The fourth-order valence-electron chi connectivity index (χ4n) is 5.16. The third-order valence-corrected chi connectivity index (χ3v) is 7.06. The minimum absolute atomic E-state index is 0.00779. The van der Waals surface area contributed by atoms with Crippen molar-refractivity contribution in [3.8, 4) is 0 Å². The largest absolute Gasteiger partial charge is 0.339 e. The highest BCUT2D eigenvalue weighted by molar-refractivity contribution is 5.95. The molecule has 6 nitrogen and oxygen atoms in total. The molecule has 1 saturated heterocycles. The molecule has 1 atom stereocenters. The Bertz CT molecular complexity index is 938. The fourth-order valence-corrected chi connectivity index (χ4v) is 5.16. The number of likely N-dealkylation sites (tertiary alicyclic amines) is 1. The minimum Gasteiger partial charge on any atom is -0.339 e. The molecule has 1 aliphatic carbocycles. The van der Waals surface area contributed by atoms with Crippen molar-refractivity contribution in [1.29, 1.82) is 0 Å². The Kier molecular flexibility index (Phi) is 7.22. The van der Waals surface area contributed by atoms with Crippen molar-refractivity contribution in [2.24, 2.45) is 0 Å². The van der Waals surface area contributed by atoms with Gasteiger partial charge in [-0.05, 0) is 50.2 Å². The van der Waals surface area contributed by atoms with Crippen LogP contribution >= 0.6 is 0 Å². The summed E-state index contributed by atoms with van der Waals surface area (Å²) in [5, 5.41) is 7.22. The molecule has 0 radical (unpaired) electrons. The highest BCUT2D eigenvalue weighted by Gasteiger charge is 2.33. The van der Waals surface area contributed by atoms with E-state index in [0.717, 1.165) is 50.6 Å². The lowest BCUT2D eigenvalue weighted by atomic mass is 9.93. The number of hydrogen-bond acceptors (Lipinski definition) is 3. The highest BCUT2D eigenvalue weighted by Crippen LogP contribution is 2.33. The van der Waals surface area contributed by atoms with Gasteiger partial charge in [0, 0.05) is 26.1 Å². The number of nitrogens with one attached hydrogen (secondary N) is 1. The Balaban J connectivity index is 1.48. The molecule has 7 heteroatoms. The SMILES string of the molecule is CN(C(=O)c1cn[nH]c1C1CCCCN1C(=O)CCc1ccccc1F)C1CCCCC1. The summed E-state index contributed by atoms with van der Waals surface area (Å²) in [6.45, 7) is 0.645. The van der Waals surface area contributed by atoms with Crippen molar-refractivity contribution < 1.29 is 14.0 Å². The van der Waals surface area contributed by atoms with Gasteiger partial charge in [0.05, 0.1) is 23.5 Å². The predicted molar refractivity (Wildman–Crippen MR) is 121 cm³/mol. The molecule has 2 amide bonds. The van der Waals surface area contributed by atoms with Gasteiger partial charge in [-0.3, -0.25) is 14.7 Å². The van der Waals surface area contributed by atoms with E-state index < -0.39 is 0 Å². The number of piperidine rings is 1. The number of halogens is 1. The standard InChI is InChI=1S/C25H33FN4O2/c1-29(19-10-3-2-4-11-19)25(32)20-17-27-28-24(20)22-13-7-8-16-30(22)23(31)15-14-18-9-5-6-12-21(18)26/h5-6,9,12,17,19,22H,2-4,7-8,10-11,13-16H2,1H3,(H,27,28). The lowest BCUT2D eigenvalue weighted by Crippen LogP contribution is -2.41. The van der Waals surface area contributed by atoms with Crippen molar-refractivity contribution in [1.82, 2.24) is 20.0 Å². The molecule has 1 N–H and O–H groups in total. The topological polar surface area (TPSA) is 69.3 Å². The van der Waals surface area contributed by atoms with Crippen molar-refractivity contribution >= 4 is 11.8 Å². The van der Waals surface area contributed by atoms with E-state index in [4.69, 9.17) is 0 Å². The van der Waals surface area contributed by atoms with E-state index in [1.165, 1.54) is 12.5 Å². The van der Waals surface area contributed by atoms with Crippen molar-refractivity contribution in [2.75, 3.05) is 13.6 Å². The van der Waals surface area contributed by atoms with Crippen LogP contribution in [-0.4, -0.2) is 51.4 Å². The van der Waals surface area contributed by atoms with Crippen LogP contribution in [0, 0.1) is 5.82 Å². The van der Waals surface area contributed by atoms with Gasteiger partial charge in [-0.25, -0.2) is 4.39 Å². The summed E-state index contributed by atoms with van der Waals surface area (Å²) in [6.07, 6.45) is 10.6. The third kappa shape index (κ3) is 4.87. The summed E-state index contributed by atoms with van der Waals surface area (Å²) >= 11 is 0. The number of rotatable bonds is 6. The van der Waals surface area contributed by atoms with Crippen LogP contribution in [0.2, 0.25) is 0 Å². The van der Waals surface area contributed by atoms with Crippen molar-refractivity contribution in [2.45, 2.75) is 76.3 Å². The number of benzene rings is 1. The molecule has 2 aliphatic rings. The van der Waals surface area contributed by atoms with E-state index in [9.17, 15) is 14.0 Å². The first-order valence-corrected chi connectivity index (χ1v) is 11.9. The van der Waals surface area contributed by atoms with Gasteiger partial charge in [0.25, 0.3) is 5.91 Å². The Morgan fingerprint density at radius 3 is 2.66 bits per heavy atom. The summed E-state index contributed by atoms with van der Waals surface area (Å²) in [6, 6.07) is 6.67. The van der Waals surface area contributed by atoms with E-state index in [1.807, 2.05) is 16.8 Å². The van der Waals surface area contributed by atoms with Crippen molar-refractivity contribution in [3.05, 3.63) is 53.1 Å². The van der Waals surface area contributed by atoms with E-state index in [0.29, 0.717) is 24.1 Å². The lowest BCUT2D eigenvalue weighted by Gasteiger charge is -2.36. The molecule has 2 heterocycles. The molecular weight excluding hydrogens is 407 g/mol. The second-order valence-corrected chi connectivity index (χ2v) is 9.10. The molecule has 1 aliphatic heterocycles. The average molecular weight is 441 g/mol. The molecule has 1 aromatic carbocycles. The molecule has 172 valence electrons. The molecule has 1 unspecified atom stereocenters. The zero-order valence-corrected chi connectivity index (χ0v) is 18.9. The average Bonchev–Trinajstić information content (AvgIpc) is 3.33. The van der Waals surface area contributed by atoms with Gasteiger partial charge in [0.15, 0.2) is 0 Å². The first kappa shape index (κ1) is 22.5. The Morgan fingerprint density at radius 1 is 1.12 bits per heavy atom. The third-order valence-electron chi connectivity index (χ3n) is 7.06. The van der Waals surface area contributed by atoms with Gasteiger partial charge in [0.1, 0.15) is 5.82 Å². The van der Waals surface area contributed by atoms with Gasteiger partial charge in [-0.2, -0.15) is 5.10 Å². The Labute approximate surface area is 189 Å². The zero-order valence-electron chi connectivity index (χ0n) is 18.9. The van der Waals surface area contributed by atoms with Gasteiger partial charge >= 0.3 is 0 Å². The van der Waals surface area contributed by atoms with Crippen LogP contribution in [0.1, 0.15) is 85.4 Å². The van der Waals surface area contributed by atoms with Crippen LogP contribution in [0.3, 0.4) is 0 Å². The summed E-state index contributed by atoms with van der Waals surface area (Å²) in [4.78, 5) is 30.2. The maximum absolute atomic E-state index is 14.0. The summed E-state index contributed by atoms with van der Waals surface area (Å²) < 4.78 is 14.0. The van der Waals surface area contributed by atoms with E-state index in [-0.39, 0.29) is 36.1 Å². The monoisotopic (exact) mass is 440 g/mol. The molecule has 32 heavy (non-hydrogen) atoms. The van der Waals surface area contributed by atoms with Crippen LogP contribution in [0.5, 0.6) is 0 Å². The molecule has 2 aromatic rings. The Morgan fingerprint density at radius 2 is 1.88 bits per heavy atom. The first-order chi connectivity index (χ1) is 15.6. The molecule has 0 spiro atoms. The highest BCUT2D eigenvalue weighted by atomic mass is 19.1. The van der Waals surface area contributed by atoms with E-state index in [2.05, 4.69) is 10.2 Å². The number of H-pyrrole nitrogens is 1. The van der Waals surface area contributed by atoms with Gasteiger partial charge < -0.3 is 9.80 Å². The van der Waals surface area contributed by atoms with E-state index in [1.54, 1.807) is 24.4 Å². The fraction of sp³-hybridized carbons (Fsp3) is 0.560. The van der Waals surface area contributed by atoms with E-state index >= 15 is 0 Å². The molecule has 1 aromatic heterocycles. The van der Waals surface area contributed by atoms with Crippen molar-refractivity contribution in [3.63, 3.8) is 0 Å². The normalized spacial score (nSPS) is 19.7. The van der Waals surface area contributed by atoms with Gasteiger partial charge in [-0.1, -0.05) is 37.5 Å². The molecule has 1 saturated carbocycles. The predicted octanol–water partition coefficient (Wildman–Crippen LogP) is 4.64. The number of hydrogen-bond donors (Lipinski definition) is 1. The van der Waals surface area contributed by atoms with Crippen LogP contribution in [0.25, 0.3) is 0 Å². The first-order valence-electron chi connectivity index (χ1n) is 11.9.